The van der Waals surface area contributed by atoms with Gasteiger partial charge in [-0.2, -0.15) is 0 Å². The lowest BCUT2D eigenvalue weighted by atomic mass is 10.2. The Balaban J connectivity index is 2.27. The van der Waals surface area contributed by atoms with Crippen molar-refractivity contribution in [3.05, 3.63) is 52.8 Å². The zero-order valence-electron chi connectivity index (χ0n) is 10.8. The third kappa shape index (κ3) is 2.94. The zero-order chi connectivity index (χ0) is 14.5. The van der Waals surface area contributed by atoms with Crippen molar-refractivity contribution in [1.29, 1.82) is 0 Å². The summed E-state index contributed by atoms with van der Waals surface area (Å²) in [6.45, 7) is 2.19. The molecule has 0 saturated carbocycles. The largest absolute Gasteiger partial charge is 0.494 e. The molecular formula is C13H13N3O4. The van der Waals surface area contributed by atoms with Crippen molar-refractivity contribution in [1.82, 2.24) is 4.57 Å². The van der Waals surface area contributed by atoms with E-state index in [1.165, 1.54) is 16.7 Å². The lowest BCUT2D eigenvalue weighted by Gasteiger charge is -2.08. The Kier molecular flexibility index (Phi) is 3.99. The maximum atomic E-state index is 11.9. The van der Waals surface area contributed by atoms with Gasteiger partial charge in [0.25, 0.3) is 5.69 Å². The van der Waals surface area contributed by atoms with Crippen molar-refractivity contribution in [3.63, 3.8) is 0 Å². The average molecular weight is 275 g/mol. The molecular weight excluding hydrogens is 262 g/mol. The van der Waals surface area contributed by atoms with E-state index >= 15 is 0 Å². The van der Waals surface area contributed by atoms with E-state index in [1.807, 2.05) is 0 Å². The highest BCUT2D eigenvalue weighted by Gasteiger charge is 2.17. The molecule has 0 aliphatic carbocycles. The van der Waals surface area contributed by atoms with Gasteiger partial charge in [-0.3, -0.25) is 14.7 Å². The fraction of sp³-hybridized carbons (Fsp3) is 0.154. The molecule has 1 aromatic heterocycles. The van der Waals surface area contributed by atoms with Gasteiger partial charge in [0.15, 0.2) is 0 Å². The number of rotatable bonds is 4. The van der Waals surface area contributed by atoms with Crippen LogP contribution >= 0.6 is 0 Å². The molecule has 7 heteroatoms. The Hall–Kier alpha value is -2.83. The van der Waals surface area contributed by atoms with Gasteiger partial charge in [0.2, 0.25) is 0 Å². The number of nitrogens with one attached hydrogen (secondary N) is 1. The second kappa shape index (κ2) is 5.87. The van der Waals surface area contributed by atoms with Crippen molar-refractivity contribution in [2.24, 2.45) is 0 Å². The van der Waals surface area contributed by atoms with Crippen LogP contribution < -0.4 is 10.1 Å². The Morgan fingerprint density at radius 2 is 2.10 bits per heavy atom. The number of carbonyl (C=O) groups is 1. The molecule has 2 rings (SSSR count). The number of hydrogen-bond acceptors (Lipinski definition) is 4. The van der Waals surface area contributed by atoms with Gasteiger partial charge in [0, 0.05) is 12.4 Å². The fourth-order valence-corrected chi connectivity index (χ4v) is 1.67. The Morgan fingerprint density at radius 3 is 2.70 bits per heavy atom. The van der Waals surface area contributed by atoms with Crippen LogP contribution in [-0.4, -0.2) is 22.1 Å². The second-order valence-electron chi connectivity index (χ2n) is 3.89. The summed E-state index contributed by atoms with van der Waals surface area (Å²) < 4.78 is 6.50. The van der Waals surface area contributed by atoms with Crippen molar-refractivity contribution >= 4 is 17.4 Å². The predicted molar refractivity (Wildman–Crippen MR) is 73.1 cm³/mol. The number of carbonyl (C=O) groups excluding carboxylic acids is 1. The SMILES string of the molecule is CCOc1ccc(NC(=O)n2cccc2)c([N+](=O)[O-])c1. The van der Waals surface area contributed by atoms with Crippen LogP contribution in [0.2, 0.25) is 0 Å². The minimum absolute atomic E-state index is 0.122. The number of nitro benzene ring substituents is 1. The summed E-state index contributed by atoms with van der Waals surface area (Å²) in [5.41, 5.74) is -0.0893. The number of nitrogens with zero attached hydrogens (tertiary/aromatic N) is 2. The topological polar surface area (TPSA) is 86.4 Å². The second-order valence-corrected chi connectivity index (χ2v) is 3.89. The highest BCUT2D eigenvalue weighted by Crippen LogP contribution is 2.29. The predicted octanol–water partition coefficient (Wildman–Crippen LogP) is 2.88. The summed E-state index contributed by atoms with van der Waals surface area (Å²) in [5, 5.41) is 13.5. The maximum Gasteiger partial charge on any atom is 0.330 e. The van der Waals surface area contributed by atoms with Gasteiger partial charge < -0.3 is 10.1 Å². The van der Waals surface area contributed by atoms with Crippen LogP contribution in [0.5, 0.6) is 5.75 Å². The first kappa shape index (κ1) is 13.6. The molecule has 0 fully saturated rings. The van der Waals surface area contributed by atoms with Gasteiger partial charge in [-0.25, -0.2) is 4.79 Å². The number of amides is 1. The number of aromatic nitrogens is 1. The van der Waals surface area contributed by atoms with Gasteiger partial charge in [-0.1, -0.05) is 0 Å². The normalized spacial score (nSPS) is 10.1. The molecule has 1 N–H and O–H groups in total. The highest BCUT2D eigenvalue weighted by molar-refractivity contribution is 5.93. The number of ether oxygens (including phenoxy) is 1. The minimum atomic E-state index is -0.562. The van der Waals surface area contributed by atoms with Gasteiger partial charge >= 0.3 is 6.03 Å². The minimum Gasteiger partial charge on any atom is -0.494 e. The van der Waals surface area contributed by atoms with Crippen molar-refractivity contribution in [2.75, 3.05) is 11.9 Å². The Morgan fingerprint density at radius 1 is 1.40 bits per heavy atom. The summed E-state index contributed by atoms with van der Waals surface area (Å²) in [7, 11) is 0. The quantitative estimate of drug-likeness (QED) is 0.686. The molecule has 20 heavy (non-hydrogen) atoms. The smallest absolute Gasteiger partial charge is 0.330 e. The van der Waals surface area contributed by atoms with Gasteiger partial charge in [-0.05, 0) is 31.2 Å². The summed E-state index contributed by atoms with van der Waals surface area (Å²) in [5.74, 6) is 0.387. The molecule has 0 aliphatic heterocycles. The van der Waals surface area contributed by atoms with Crippen LogP contribution in [-0.2, 0) is 0 Å². The molecule has 104 valence electrons. The molecule has 1 amide bonds. The first-order valence-corrected chi connectivity index (χ1v) is 5.97. The van der Waals surface area contributed by atoms with Crippen molar-refractivity contribution < 1.29 is 14.5 Å². The van der Waals surface area contributed by atoms with E-state index in [0.29, 0.717) is 12.4 Å². The van der Waals surface area contributed by atoms with Crippen molar-refractivity contribution in [3.8, 4) is 5.75 Å². The molecule has 0 atom stereocenters. The van der Waals surface area contributed by atoms with E-state index in [4.69, 9.17) is 4.74 Å². The van der Waals surface area contributed by atoms with Gasteiger partial charge in [0.1, 0.15) is 11.4 Å². The van der Waals surface area contributed by atoms with Crippen LogP contribution in [0.25, 0.3) is 0 Å². The first-order chi connectivity index (χ1) is 9.61. The van der Waals surface area contributed by atoms with Gasteiger partial charge in [-0.15, -0.1) is 0 Å². The molecule has 1 heterocycles. The Bertz CT molecular complexity index is 623. The first-order valence-electron chi connectivity index (χ1n) is 5.97. The van der Waals surface area contributed by atoms with E-state index in [-0.39, 0.29) is 11.4 Å². The van der Waals surface area contributed by atoms with E-state index in [0.717, 1.165) is 0 Å². The zero-order valence-corrected chi connectivity index (χ0v) is 10.8. The third-order valence-electron chi connectivity index (χ3n) is 2.56. The van der Waals surface area contributed by atoms with E-state index in [9.17, 15) is 14.9 Å². The molecule has 0 aliphatic rings. The molecule has 0 unspecified atom stereocenters. The van der Waals surface area contributed by atoms with Crippen LogP contribution in [0.4, 0.5) is 16.2 Å². The van der Waals surface area contributed by atoms with Crippen LogP contribution in [0.15, 0.2) is 42.7 Å². The number of anilines is 1. The highest BCUT2D eigenvalue weighted by atomic mass is 16.6. The summed E-state index contributed by atoms with van der Waals surface area (Å²) in [4.78, 5) is 22.3. The monoisotopic (exact) mass is 275 g/mol. The molecule has 1 aromatic carbocycles. The van der Waals surface area contributed by atoms with Crippen LogP contribution in [0, 0.1) is 10.1 Å². The van der Waals surface area contributed by atoms with E-state index in [2.05, 4.69) is 5.32 Å². The van der Waals surface area contributed by atoms with Crippen LogP contribution in [0.1, 0.15) is 6.92 Å². The Labute approximate surface area is 114 Å². The van der Waals surface area contributed by atoms with Crippen LogP contribution in [0.3, 0.4) is 0 Å². The molecule has 7 nitrogen and oxygen atoms in total. The lowest BCUT2D eigenvalue weighted by Crippen LogP contribution is -2.18. The summed E-state index contributed by atoms with van der Waals surface area (Å²) >= 11 is 0. The lowest BCUT2D eigenvalue weighted by molar-refractivity contribution is -0.384. The average Bonchev–Trinajstić information content (AvgIpc) is 2.94. The molecule has 0 saturated heterocycles. The van der Waals surface area contributed by atoms with Gasteiger partial charge in [0.05, 0.1) is 17.6 Å². The summed E-state index contributed by atoms with van der Waals surface area (Å²) in [6, 6.07) is 7.21. The molecule has 0 spiro atoms. The number of nitro groups is 1. The molecule has 2 aromatic rings. The van der Waals surface area contributed by atoms with E-state index in [1.54, 1.807) is 37.5 Å². The third-order valence-corrected chi connectivity index (χ3v) is 2.56. The number of benzene rings is 1. The maximum absolute atomic E-state index is 11.9. The standard InChI is InChI=1S/C13H13N3O4/c1-2-20-10-5-6-11(12(9-10)16(18)19)14-13(17)15-7-3-4-8-15/h3-9H,2H2,1H3,(H,14,17). The fourth-order valence-electron chi connectivity index (χ4n) is 1.67. The van der Waals surface area contributed by atoms with Crippen molar-refractivity contribution in [2.45, 2.75) is 6.92 Å². The molecule has 0 bridgehead atoms. The van der Waals surface area contributed by atoms with E-state index < -0.39 is 11.0 Å². The number of hydrogen-bond donors (Lipinski definition) is 1. The molecule has 0 radical (unpaired) electrons. The summed E-state index contributed by atoms with van der Waals surface area (Å²) in [6.07, 6.45) is 3.10.